The van der Waals surface area contributed by atoms with Gasteiger partial charge in [-0.2, -0.15) is 0 Å². The van der Waals surface area contributed by atoms with Crippen LogP contribution in [0, 0.1) is 11.3 Å². The highest BCUT2D eigenvalue weighted by Crippen LogP contribution is 2.62. The van der Waals surface area contributed by atoms with Gasteiger partial charge < -0.3 is 9.47 Å². The first kappa shape index (κ1) is 16.8. The van der Waals surface area contributed by atoms with E-state index in [-0.39, 0.29) is 12.5 Å². The highest BCUT2D eigenvalue weighted by atomic mass is 16.6. The Morgan fingerprint density at radius 1 is 1.08 bits per heavy atom. The minimum Gasteiger partial charge on any atom is -0.465 e. The summed E-state index contributed by atoms with van der Waals surface area (Å²) in [5.41, 5.74) is -0.361. The summed E-state index contributed by atoms with van der Waals surface area (Å²) in [5.74, 6) is -1.17. The number of hydrogen-bond acceptors (Lipinski definition) is 4. The van der Waals surface area contributed by atoms with E-state index in [0.717, 1.165) is 24.0 Å². The predicted molar refractivity (Wildman–Crippen MR) is 96.2 cm³/mol. The first-order valence-corrected chi connectivity index (χ1v) is 9.18. The Balaban J connectivity index is 1.94. The van der Waals surface area contributed by atoms with Gasteiger partial charge in [-0.25, -0.2) is 0 Å². The lowest BCUT2D eigenvalue weighted by atomic mass is 9.67. The molecule has 2 fully saturated rings. The van der Waals surface area contributed by atoms with Crippen molar-refractivity contribution in [2.75, 3.05) is 6.61 Å². The lowest BCUT2D eigenvalue weighted by molar-refractivity contribution is -0.166. The fourth-order valence-electron chi connectivity index (χ4n) is 4.75. The van der Waals surface area contributed by atoms with E-state index in [1.807, 2.05) is 60.7 Å². The maximum atomic E-state index is 13.1. The number of carbonyl (C=O) groups excluding carboxylic acids is 2. The van der Waals surface area contributed by atoms with Gasteiger partial charge in [-0.15, -0.1) is 0 Å². The van der Waals surface area contributed by atoms with Gasteiger partial charge in [-0.1, -0.05) is 67.1 Å². The van der Waals surface area contributed by atoms with Gasteiger partial charge in [-0.05, 0) is 19.8 Å². The molecule has 2 aliphatic rings. The Hall–Kier alpha value is -2.62. The van der Waals surface area contributed by atoms with Gasteiger partial charge in [0.2, 0.25) is 0 Å². The predicted octanol–water partition coefficient (Wildman–Crippen LogP) is 3.84. The fraction of sp³-hybridized carbons (Fsp3) is 0.364. The average molecular weight is 350 g/mol. The van der Waals surface area contributed by atoms with Crippen molar-refractivity contribution in [1.29, 1.82) is 0 Å². The maximum absolute atomic E-state index is 13.1. The summed E-state index contributed by atoms with van der Waals surface area (Å²) in [7, 11) is 0. The largest absolute Gasteiger partial charge is 0.465 e. The van der Waals surface area contributed by atoms with Crippen LogP contribution in [0.25, 0.3) is 0 Å². The molecule has 0 N–H and O–H groups in total. The van der Waals surface area contributed by atoms with Crippen molar-refractivity contribution >= 4 is 11.9 Å². The van der Waals surface area contributed by atoms with Crippen LogP contribution in [-0.2, 0) is 24.7 Å². The third-order valence-electron chi connectivity index (χ3n) is 5.81. The molecular formula is C22H22O4. The lowest BCUT2D eigenvalue weighted by Crippen LogP contribution is -2.43. The van der Waals surface area contributed by atoms with Crippen LogP contribution in [0.15, 0.2) is 60.7 Å². The van der Waals surface area contributed by atoms with Gasteiger partial charge in [0.05, 0.1) is 6.61 Å². The van der Waals surface area contributed by atoms with E-state index in [1.54, 1.807) is 6.92 Å². The zero-order valence-corrected chi connectivity index (χ0v) is 14.8. The van der Waals surface area contributed by atoms with Crippen LogP contribution in [0.2, 0.25) is 0 Å². The molecule has 4 rings (SSSR count). The molecule has 0 amide bonds. The van der Waals surface area contributed by atoms with Crippen LogP contribution in [-0.4, -0.2) is 18.5 Å². The molecule has 2 aromatic carbocycles. The van der Waals surface area contributed by atoms with Gasteiger partial charge in [0, 0.05) is 17.0 Å². The first-order chi connectivity index (χ1) is 12.7. The van der Waals surface area contributed by atoms with Crippen LogP contribution >= 0.6 is 0 Å². The van der Waals surface area contributed by atoms with Crippen LogP contribution < -0.4 is 0 Å². The summed E-state index contributed by atoms with van der Waals surface area (Å²) in [6.07, 6.45) is 2.03. The Labute approximate surface area is 153 Å². The zero-order chi connectivity index (χ0) is 18.2. The van der Waals surface area contributed by atoms with Crippen molar-refractivity contribution in [1.82, 2.24) is 0 Å². The third kappa shape index (κ3) is 2.14. The van der Waals surface area contributed by atoms with Crippen LogP contribution in [0.1, 0.15) is 37.3 Å². The molecule has 2 atom stereocenters. The molecule has 0 aromatic heterocycles. The molecular weight excluding hydrogens is 328 g/mol. The molecule has 1 aliphatic carbocycles. The van der Waals surface area contributed by atoms with Crippen LogP contribution in [0.5, 0.6) is 0 Å². The summed E-state index contributed by atoms with van der Waals surface area (Å²) in [5, 5.41) is 0. The maximum Gasteiger partial charge on any atom is 0.325 e. The van der Waals surface area contributed by atoms with Crippen molar-refractivity contribution in [3.63, 3.8) is 0 Å². The molecule has 1 saturated heterocycles. The molecule has 2 aromatic rings. The summed E-state index contributed by atoms with van der Waals surface area (Å²) in [6, 6.07) is 19.5. The quantitative estimate of drug-likeness (QED) is 0.621. The van der Waals surface area contributed by atoms with E-state index < -0.39 is 23.0 Å². The minimum absolute atomic E-state index is 0.254. The minimum atomic E-state index is -1.21. The van der Waals surface area contributed by atoms with Crippen molar-refractivity contribution in [2.24, 2.45) is 11.3 Å². The molecule has 0 bridgehead atoms. The van der Waals surface area contributed by atoms with Crippen molar-refractivity contribution in [3.8, 4) is 0 Å². The smallest absolute Gasteiger partial charge is 0.325 e. The van der Waals surface area contributed by atoms with E-state index in [1.165, 1.54) is 0 Å². The van der Waals surface area contributed by atoms with E-state index >= 15 is 0 Å². The Morgan fingerprint density at radius 2 is 1.65 bits per heavy atom. The zero-order valence-electron chi connectivity index (χ0n) is 14.8. The Morgan fingerprint density at radius 3 is 2.19 bits per heavy atom. The number of carbonyl (C=O) groups is 2. The monoisotopic (exact) mass is 350 g/mol. The lowest BCUT2D eigenvalue weighted by Gasteiger charge is -2.35. The molecule has 0 spiro atoms. The molecule has 1 heterocycles. The second-order valence-corrected chi connectivity index (χ2v) is 6.99. The average Bonchev–Trinajstić information content (AvgIpc) is 3.23. The Bertz CT molecular complexity index is 775. The molecule has 134 valence electrons. The van der Waals surface area contributed by atoms with Crippen molar-refractivity contribution in [2.45, 2.75) is 31.8 Å². The van der Waals surface area contributed by atoms with Gasteiger partial charge in [0.15, 0.2) is 11.0 Å². The number of cyclic esters (lactones) is 1. The van der Waals surface area contributed by atoms with Gasteiger partial charge in [-0.3, -0.25) is 9.59 Å². The molecule has 0 unspecified atom stereocenters. The number of benzene rings is 2. The highest BCUT2D eigenvalue weighted by Gasteiger charge is 2.71. The standard InChI is InChI=1S/C22H22O4/c1-2-25-19(23)21-15-9-14-18(21)22(26-20(21)24,16-10-5-3-6-11-16)17-12-7-4-8-13-17/h3-8,10-13,18H,2,9,14-15H2,1H3/t18-,21+/m1/s1. The van der Waals surface area contributed by atoms with Crippen molar-refractivity contribution < 1.29 is 19.1 Å². The second kappa shape index (κ2) is 6.27. The second-order valence-electron chi connectivity index (χ2n) is 6.99. The molecule has 1 saturated carbocycles. The summed E-state index contributed by atoms with van der Waals surface area (Å²) < 4.78 is 11.4. The number of fused-ring (bicyclic) bond motifs is 1. The first-order valence-electron chi connectivity index (χ1n) is 9.18. The van der Waals surface area contributed by atoms with E-state index in [9.17, 15) is 9.59 Å². The summed E-state index contributed by atoms with van der Waals surface area (Å²) in [4.78, 5) is 26.0. The topological polar surface area (TPSA) is 52.6 Å². The van der Waals surface area contributed by atoms with E-state index in [2.05, 4.69) is 0 Å². The molecule has 26 heavy (non-hydrogen) atoms. The molecule has 1 aliphatic heterocycles. The summed E-state index contributed by atoms with van der Waals surface area (Å²) >= 11 is 0. The summed E-state index contributed by atoms with van der Waals surface area (Å²) in [6.45, 7) is 2.02. The van der Waals surface area contributed by atoms with Crippen molar-refractivity contribution in [3.05, 3.63) is 71.8 Å². The van der Waals surface area contributed by atoms with Crippen LogP contribution in [0.4, 0.5) is 0 Å². The molecule has 4 heteroatoms. The number of esters is 2. The normalized spacial score (nSPS) is 26.2. The number of rotatable bonds is 4. The van der Waals surface area contributed by atoms with E-state index in [0.29, 0.717) is 6.42 Å². The van der Waals surface area contributed by atoms with Crippen LogP contribution in [0.3, 0.4) is 0 Å². The molecule has 4 nitrogen and oxygen atoms in total. The molecule has 0 radical (unpaired) electrons. The SMILES string of the molecule is CCOC(=O)[C@]12CCC[C@H]1C(c1ccccc1)(c1ccccc1)OC2=O. The third-order valence-corrected chi connectivity index (χ3v) is 5.81. The number of ether oxygens (including phenoxy) is 2. The van der Waals surface area contributed by atoms with Gasteiger partial charge in [0.25, 0.3) is 0 Å². The van der Waals surface area contributed by atoms with Gasteiger partial charge >= 0.3 is 11.9 Å². The fourth-order valence-corrected chi connectivity index (χ4v) is 4.75. The number of hydrogen-bond donors (Lipinski definition) is 0. The highest BCUT2D eigenvalue weighted by molar-refractivity contribution is 6.03. The van der Waals surface area contributed by atoms with Gasteiger partial charge in [0.1, 0.15) is 0 Å². The van der Waals surface area contributed by atoms with E-state index in [4.69, 9.17) is 9.47 Å². The Kier molecular flexibility index (Phi) is 4.06.